The molecular formula is C8H13NO2. The molecule has 1 unspecified atom stereocenters. The minimum absolute atomic E-state index is 0.111. The van der Waals surface area contributed by atoms with Gasteiger partial charge in [0.2, 0.25) is 5.91 Å². The van der Waals surface area contributed by atoms with E-state index in [2.05, 4.69) is 11.2 Å². The Morgan fingerprint density at radius 3 is 2.91 bits per heavy atom. The lowest BCUT2D eigenvalue weighted by Gasteiger charge is -2.04. The summed E-state index contributed by atoms with van der Waals surface area (Å²) in [7, 11) is 0. The van der Waals surface area contributed by atoms with Crippen LogP contribution in [-0.2, 0) is 4.79 Å². The third-order valence-electron chi connectivity index (χ3n) is 1.15. The Morgan fingerprint density at radius 2 is 2.45 bits per heavy atom. The van der Waals surface area contributed by atoms with Gasteiger partial charge in [-0.25, -0.2) is 0 Å². The van der Waals surface area contributed by atoms with Crippen molar-refractivity contribution in [2.75, 3.05) is 6.54 Å². The molecule has 0 saturated carbocycles. The topological polar surface area (TPSA) is 49.3 Å². The zero-order valence-electron chi connectivity index (χ0n) is 6.63. The second kappa shape index (κ2) is 5.75. The Morgan fingerprint density at radius 1 is 1.82 bits per heavy atom. The van der Waals surface area contributed by atoms with E-state index < -0.39 is 0 Å². The number of amides is 1. The van der Waals surface area contributed by atoms with Crippen molar-refractivity contribution in [2.45, 2.75) is 25.9 Å². The summed E-state index contributed by atoms with van der Waals surface area (Å²) in [5, 5.41) is 11.4. The fourth-order valence-electron chi connectivity index (χ4n) is 0.576. The molecule has 62 valence electrons. The average Bonchev–Trinajstić information content (AvgIpc) is 1.87. The molecule has 3 nitrogen and oxygen atoms in total. The van der Waals surface area contributed by atoms with E-state index in [-0.39, 0.29) is 18.4 Å². The number of hydrogen-bond acceptors (Lipinski definition) is 2. The summed E-state index contributed by atoms with van der Waals surface area (Å²) < 4.78 is 0. The first-order valence-corrected chi connectivity index (χ1v) is 3.55. The predicted molar refractivity (Wildman–Crippen MR) is 42.8 cm³/mol. The van der Waals surface area contributed by atoms with Crippen molar-refractivity contribution in [2.24, 2.45) is 0 Å². The highest BCUT2D eigenvalue weighted by molar-refractivity contribution is 5.78. The molecule has 0 aliphatic rings. The Hall–Kier alpha value is -1.01. The number of rotatable bonds is 4. The molecule has 1 amide bonds. The summed E-state index contributed by atoms with van der Waals surface area (Å²) in [6.45, 7) is 2.16. The predicted octanol–water partition coefficient (Wildman–Crippen LogP) is -0.103. The summed E-state index contributed by atoms with van der Waals surface area (Å²) in [4.78, 5) is 10.7. The molecule has 0 aromatic heterocycles. The number of terminal acetylenes is 1. The van der Waals surface area contributed by atoms with E-state index >= 15 is 0 Å². The molecule has 0 aliphatic carbocycles. The molecule has 11 heavy (non-hydrogen) atoms. The minimum atomic E-state index is -0.374. The van der Waals surface area contributed by atoms with E-state index in [1.807, 2.05) is 0 Å². The van der Waals surface area contributed by atoms with E-state index in [1.165, 1.54) is 0 Å². The summed E-state index contributed by atoms with van der Waals surface area (Å²) in [5.74, 6) is 2.07. The van der Waals surface area contributed by atoms with Crippen molar-refractivity contribution < 1.29 is 9.90 Å². The third-order valence-corrected chi connectivity index (χ3v) is 1.15. The molecule has 2 N–H and O–H groups in total. The Labute approximate surface area is 66.8 Å². The lowest BCUT2D eigenvalue weighted by atomic mass is 10.3. The third kappa shape index (κ3) is 6.88. The van der Waals surface area contributed by atoms with Crippen molar-refractivity contribution in [3.63, 3.8) is 0 Å². The van der Waals surface area contributed by atoms with Crippen LogP contribution in [0.25, 0.3) is 0 Å². The molecule has 0 aromatic rings. The van der Waals surface area contributed by atoms with E-state index in [9.17, 15) is 4.79 Å². The standard InChI is InChI=1S/C8H13NO2/c1-3-4-8(11)9-6-5-7(2)10/h1,7,10H,4-6H2,2H3,(H,9,11). The van der Waals surface area contributed by atoms with Crippen molar-refractivity contribution in [3.05, 3.63) is 0 Å². The SMILES string of the molecule is C#CCC(=O)NCCC(C)O. The number of aliphatic hydroxyl groups excluding tert-OH is 1. The molecule has 3 heteroatoms. The maximum absolute atomic E-state index is 10.7. The van der Waals surface area contributed by atoms with Gasteiger partial charge in [0.1, 0.15) is 0 Å². The van der Waals surface area contributed by atoms with Crippen molar-refractivity contribution in [3.8, 4) is 12.3 Å². The zero-order chi connectivity index (χ0) is 8.69. The quantitative estimate of drug-likeness (QED) is 0.557. The minimum Gasteiger partial charge on any atom is -0.393 e. The van der Waals surface area contributed by atoms with E-state index in [0.717, 1.165) is 0 Å². The van der Waals surface area contributed by atoms with Crippen LogP contribution in [0, 0.1) is 12.3 Å². The zero-order valence-corrected chi connectivity index (χ0v) is 6.63. The van der Waals surface area contributed by atoms with E-state index in [1.54, 1.807) is 6.92 Å². The number of carbonyl (C=O) groups excluding carboxylic acids is 1. The van der Waals surface area contributed by atoms with Gasteiger partial charge in [0.25, 0.3) is 0 Å². The van der Waals surface area contributed by atoms with Gasteiger partial charge in [-0.2, -0.15) is 0 Å². The van der Waals surface area contributed by atoms with Crippen LogP contribution in [0.2, 0.25) is 0 Å². The smallest absolute Gasteiger partial charge is 0.232 e. The van der Waals surface area contributed by atoms with Crippen LogP contribution in [-0.4, -0.2) is 23.7 Å². The van der Waals surface area contributed by atoms with Crippen LogP contribution in [0.3, 0.4) is 0 Å². The van der Waals surface area contributed by atoms with Crippen LogP contribution in [0.5, 0.6) is 0 Å². The summed E-state index contributed by atoms with van der Waals surface area (Å²) in [6.07, 6.45) is 5.20. The monoisotopic (exact) mass is 155 g/mol. The van der Waals surface area contributed by atoms with Crippen LogP contribution in [0.15, 0.2) is 0 Å². The number of carbonyl (C=O) groups is 1. The van der Waals surface area contributed by atoms with E-state index in [0.29, 0.717) is 13.0 Å². The van der Waals surface area contributed by atoms with Gasteiger partial charge in [0, 0.05) is 6.54 Å². The van der Waals surface area contributed by atoms with Gasteiger partial charge in [-0.1, -0.05) is 5.92 Å². The maximum atomic E-state index is 10.7. The largest absolute Gasteiger partial charge is 0.393 e. The van der Waals surface area contributed by atoms with Crippen molar-refractivity contribution in [1.82, 2.24) is 5.32 Å². The van der Waals surface area contributed by atoms with Gasteiger partial charge in [-0.05, 0) is 13.3 Å². The number of aliphatic hydroxyl groups is 1. The Balaban J connectivity index is 3.26. The van der Waals surface area contributed by atoms with Gasteiger partial charge in [-0.15, -0.1) is 6.42 Å². The average molecular weight is 155 g/mol. The molecule has 0 aromatic carbocycles. The first-order chi connectivity index (χ1) is 5.16. The summed E-state index contributed by atoms with van der Waals surface area (Å²) >= 11 is 0. The van der Waals surface area contributed by atoms with Crippen molar-refractivity contribution >= 4 is 5.91 Å². The molecule has 0 saturated heterocycles. The number of hydrogen-bond donors (Lipinski definition) is 2. The summed E-state index contributed by atoms with van der Waals surface area (Å²) in [6, 6.07) is 0. The van der Waals surface area contributed by atoms with Gasteiger partial charge in [-0.3, -0.25) is 4.79 Å². The first-order valence-electron chi connectivity index (χ1n) is 3.55. The molecule has 1 atom stereocenters. The molecule has 0 bridgehead atoms. The Kier molecular flexibility index (Phi) is 5.22. The summed E-state index contributed by atoms with van der Waals surface area (Å²) in [5.41, 5.74) is 0. The van der Waals surface area contributed by atoms with Gasteiger partial charge >= 0.3 is 0 Å². The van der Waals surface area contributed by atoms with Gasteiger partial charge in [0.15, 0.2) is 0 Å². The molecule has 0 fully saturated rings. The molecular weight excluding hydrogens is 142 g/mol. The maximum Gasteiger partial charge on any atom is 0.232 e. The first kappa shape index (κ1) is 9.99. The van der Waals surface area contributed by atoms with Crippen molar-refractivity contribution in [1.29, 1.82) is 0 Å². The molecule has 0 rings (SSSR count). The molecule has 0 spiro atoms. The van der Waals surface area contributed by atoms with Crippen LogP contribution < -0.4 is 5.32 Å². The lowest BCUT2D eigenvalue weighted by Crippen LogP contribution is -2.25. The van der Waals surface area contributed by atoms with E-state index in [4.69, 9.17) is 11.5 Å². The van der Waals surface area contributed by atoms with Gasteiger partial charge < -0.3 is 10.4 Å². The fourth-order valence-corrected chi connectivity index (χ4v) is 0.576. The second-order valence-corrected chi connectivity index (χ2v) is 2.37. The highest BCUT2D eigenvalue weighted by atomic mass is 16.3. The Bertz CT molecular complexity index is 158. The van der Waals surface area contributed by atoms with Crippen LogP contribution in [0.1, 0.15) is 19.8 Å². The highest BCUT2D eigenvalue weighted by Crippen LogP contribution is 1.86. The number of nitrogens with one attached hydrogen (secondary N) is 1. The lowest BCUT2D eigenvalue weighted by molar-refractivity contribution is -0.120. The molecule has 0 heterocycles. The van der Waals surface area contributed by atoms with Crippen LogP contribution >= 0.6 is 0 Å². The molecule has 0 radical (unpaired) electrons. The highest BCUT2D eigenvalue weighted by Gasteiger charge is 1.98. The molecule has 0 aliphatic heterocycles. The van der Waals surface area contributed by atoms with Gasteiger partial charge in [0.05, 0.1) is 12.5 Å². The fraction of sp³-hybridized carbons (Fsp3) is 0.625. The second-order valence-electron chi connectivity index (χ2n) is 2.37. The normalized spacial score (nSPS) is 11.7. The van der Waals surface area contributed by atoms with Crippen LogP contribution in [0.4, 0.5) is 0 Å².